The number of unbranched alkanes of at least 4 members (excludes halogenated alkanes) is 1. The summed E-state index contributed by atoms with van der Waals surface area (Å²) in [6.45, 7) is 2.20. The van der Waals surface area contributed by atoms with Crippen molar-refractivity contribution in [3.63, 3.8) is 0 Å². The lowest BCUT2D eigenvalue weighted by Crippen LogP contribution is -2.19. The van der Waals surface area contributed by atoms with Crippen LogP contribution in [0, 0.1) is 23.4 Å². The molecule has 0 radical (unpaired) electrons. The molecule has 3 aromatic carbocycles. The fourth-order valence-corrected chi connectivity index (χ4v) is 4.99. The molecule has 0 bridgehead atoms. The standard InChI is InChI=1S/C27H26F6O/c1-2-3-4-16-5-7-17(8-6-16)18-9-11-21-19(13-18)10-12-22(25(21)30)20-14-23(28)26(24(29)15-20)34-27(31,32)33/h9-17H,2-8H2,1H3. The minimum absolute atomic E-state index is 0.104. The number of halogens is 6. The number of alkyl halides is 3. The Morgan fingerprint density at radius 2 is 1.56 bits per heavy atom. The monoisotopic (exact) mass is 480 g/mol. The first-order valence-electron chi connectivity index (χ1n) is 11.6. The molecule has 0 unspecified atom stereocenters. The summed E-state index contributed by atoms with van der Waals surface area (Å²) in [4.78, 5) is 0. The topological polar surface area (TPSA) is 9.23 Å². The van der Waals surface area contributed by atoms with E-state index >= 15 is 4.39 Å². The SMILES string of the molecule is CCCCC1CCC(c2ccc3c(F)c(-c4cc(F)c(OC(F)(F)F)c(F)c4)ccc3c2)CC1. The number of hydrogen-bond acceptors (Lipinski definition) is 1. The molecule has 0 amide bonds. The number of benzene rings is 3. The normalized spacial score (nSPS) is 18.9. The van der Waals surface area contributed by atoms with Crippen LogP contribution < -0.4 is 4.74 Å². The Morgan fingerprint density at radius 1 is 0.882 bits per heavy atom. The van der Waals surface area contributed by atoms with E-state index in [0.29, 0.717) is 23.4 Å². The van der Waals surface area contributed by atoms with E-state index in [1.807, 2.05) is 12.1 Å². The number of hydrogen-bond donors (Lipinski definition) is 0. The zero-order chi connectivity index (χ0) is 24.5. The maximum atomic E-state index is 15.3. The molecule has 1 aliphatic carbocycles. The third kappa shape index (κ3) is 5.34. The van der Waals surface area contributed by atoms with Crippen molar-refractivity contribution in [3.8, 4) is 16.9 Å². The first-order valence-corrected chi connectivity index (χ1v) is 11.6. The van der Waals surface area contributed by atoms with Crippen molar-refractivity contribution in [3.05, 3.63) is 65.5 Å². The van der Waals surface area contributed by atoms with Crippen LogP contribution in [0.1, 0.15) is 63.4 Å². The second-order valence-corrected chi connectivity index (χ2v) is 9.08. The minimum atomic E-state index is -5.25. The van der Waals surface area contributed by atoms with Crippen LogP contribution in [0.15, 0.2) is 42.5 Å². The molecule has 4 rings (SSSR count). The molecule has 182 valence electrons. The van der Waals surface area contributed by atoms with Crippen LogP contribution >= 0.6 is 0 Å². The molecule has 3 aromatic rings. The lowest BCUT2D eigenvalue weighted by Gasteiger charge is -2.29. The lowest BCUT2D eigenvalue weighted by molar-refractivity contribution is -0.276. The smallest absolute Gasteiger partial charge is 0.399 e. The van der Waals surface area contributed by atoms with E-state index in [1.54, 1.807) is 12.1 Å². The van der Waals surface area contributed by atoms with Crippen LogP contribution in [0.5, 0.6) is 5.75 Å². The summed E-state index contributed by atoms with van der Waals surface area (Å²) in [5, 5.41) is 0.958. The van der Waals surface area contributed by atoms with E-state index in [4.69, 9.17) is 0 Å². The Bertz CT molecular complexity index is 1140. The second-order valence-electron chi connectivity index (χ2n) is 9.08. The highest BCUT2D eigenvalue weighted by molar-refractivity contribution is 5.89. The Balaban J connectivity index is 1.58. The maximum Gasteiger partial charge on any atom is 0.573 e. The lowest BCUT2D eigenvalue weighted by atomic mass is 9.77. The molecule has 0 saturated heterocycles. The van der Waals surface area contributed by atoms with Crippen molar-refractivity contribution < 1.29 is 31.1 Å². The van der Waals surface area contributed by atoms with E-state index in [2.05, 4.69) is 11.7 Å². The summed E-state index contributed by atoms with van der Waals surface area (Å²) in [7, 11) is 0. The van der Waals surface area contributed by atoms with Crippen LogP contribution in [-0.4, -0.2) is 6.36 Å². The Kier molecular flexibility index (Phi) is 7.10. The highest BCUT2D eigenvalue weighted by atomic mass is 19.4. The van der Waals surface area contributed by atoms with Crippen molar-refractivity contribution in [1.82, 2.24) is 0 Å². The molecule has 0 N–H and O–H groups in total. The van der Waals surface area contributed by atoms with Gasteiger partial charge >= 0.3 is 6.36 Å². The van der Waals surface area contributed by atoms with Crippen LogP contribution in [0.2, 0.25) is 0 Å². The van der Waals surface area contributed by atoms with Gasteiger partial charge in [0.1, 0.15) is 5.82 Å². The quantitative estimate of drug-likeness (QED) is 0.320. The molecule has 0 aromatic heterocycles. The Hall–Kier alpha value is -2.70. The van der Waals surface area contributed by atoms with Gasteiger partial charge in [-0.1, -0.05) is 56.5 Å². The Labute approximate surface area is 194 Å². The zero-order valence-electron chi connectivity index (χ0n) is 18.8. The molecule has 0 aliphatic heterocycles. The number of rotatable bonds is 6. The summed E-state index contributed by atoms with van der Waals surface area (Å²) < 4.78 is 84.1. The van der Waals surface area contributed by atoms with Gasteiger partial charge in [0.15, 0.2) is 11.6 Å². The fraction of sp³-hybridized carbons (Fsp3) is 0.407. The Morgan fingerprint density at radius 3 is 2.18 bits per heavy atom. The molecular formula is C27H26F6O. The van der Waals surface area contributed by atoms with E-state index in [1.165, 1.54) is 38.2 Å². The summed E-state index contributed by atoms with van der Waals surface area (Å²) in [5.74, 6) is -4.16. The number of fused-ring (bicyclic) bond motifs is 1. The van der Waals surface area contributed by atoms with Crippen molar-refractivity contribution in [2.75, 3.05) is 0 Å². The molecule has 7 heteroatoms. The third-order valence-electron chi connectivity index (χ3n) is 6.79. The highest BCUT2D eigenvalue weighted by Gasteiger charge is 2.34. The molecule has 0 spiro atoms. The number of ether oxygens (including phenoxy) is 1. The van der Waals surface area contributed by atoms with Gasteiger partial charge in [0.05, 0.1) is 0 Å². The predicted octanol–water partition coefficient (Wildman–Crippen LogP) is 9.29. The average Bonchev–Trinajstić information content (AvgIpc) is 2.80. The van der Waals surface area contributed by atoms with Crippen molar-refractivity contribution in [2.24, 2.45) is 5.92 Å². The highest BCUT2D eigenvalue weighted by Crippen LogP contribution is 2.40. The molecule has 1 saturated carbocycles. The average molecular weight is 480 g/mol. The summed E-state index contributed by atoms with van der Waals surface area (Å²) >= 11 is 0. The van der Waals surface area contributed by atoms with E-state index in [-0.39, 0.29) is 16.5 Å². The second kappa shape index (κ2) is 9.88. The summed E-state index contributed by atoms with van der Waals surface area (Å²) in [5.41, 5.74) is 0.839. The van der Waals surface area contributed by atoms with Gasteiger partial charge in [-0.2, -0.15) is 0 Å². The molecule has 0 atom stereocenters. The molecule has 0 heterocycles. The van der Waals surface area contributed by atoms with Gasteiger partial charge in [0.25, 0.3) is 0 Å². The summed E-state index contributed by atoms with van der Waals surface area (Å²) in [6, 6.07) is 9.86. The van der Waals surface area contributed by atoms with E-state index in [9.17, 15) is 22.0 Å². The molecule has 1 fully saturated rings. The van der Waals surface area contributed by atoms with Crippen LogP contribution in [0.25, 0.3) is 21.9 Å². The maximum absolute atomic E-state index is 15.3. The predicted molar refractivity (Wildman–Crippen MR) is 120 cm³/mol. The molecule has 34 heavy (non-hydrogen) atoms. The first-order chi connectivity index (χ1) is 16.2. The van der Waals surface area contributed by atoms with Crippen molar-refractivity contribution in [1.29, 1.82) is 0 Å². The molecular weight excluding hydrogens is 454 g/mol. The van der Waals surface area contributed by atoms with Crippen molar-refractivity contribution in [2.45, 2.75) is 64.1 Å². The first kappa shape index (κ1) is 24.4. The van der Waals surface area contributed by atoms with E-state index < -0.39 is 29.6 Å². The van der Waals surface area contributed by atoms with Gasteiger partial charge in [-0.05, 0) is 66.2 Å². The van der Waals surface area contributed by atoms with Gasteiger partial charge in [-0.15, -0.1) is 13.2 Å². The van der Waals surface area contributed by atoms with Crippen LogP contribution in [0.3, 0.4) is 0 Å². The largest absolute Gasteiger partial charge is 0.573 e. The van der Waals surface area contributed by atoms with Gasteiger partial charge in [-0.25, -0.2) is 13.2 Å². The van der Waals surface area contributed by atoms with Gasteiger partial charge in [0, 0.05) is 10.9 Å². The molecule has 1 aliphatic rings. The van der Waals surface area contributed by atoms with E-state index in [0.717, 1.165) is 24.3 Å². The van der Waals surface area contributed by atoms with Gasteiger partial charge < -0.3 is 4.74 Å². The fourth-order valence-electron chi connectivity index (χ4n) is 4.99. The minimum Gasteiger partial charge on any atom is -0.399 e. The van der Waals surface area contributed by atoms with Gasteiger partial charge in [0.2, 0.25) is 5.75 Å². The van der Waals surface area contributed by atoms with Crippen LogP contribution in [-0.2, 0) is 0 Å². The molecule has 1 nitrogen and oxygen atoms in total. The van der Waals surface area contributed by atoms with Crippen molar-refractivity contribution >= 4 is 10.8 Å². The summed E-state index contributed by atoms with van der Waals surface area (Å²) in [6.07, 6.45) is 3.10. The van der Waals surface area contributed by atoms with Gasteiger partial charge in [-0.3, -0.25) is 0 Å². The van der Waals surface area contributed by atoms with Crippen LogP contribution in [0.4, 0.5) is 26.3 Å². The third-order valence-corrected chi connectivity index (χ3v) is 6.79. The zero-order valence-corrected chi connectivity index (χ0v) is 18.8.